The van der Waals surface area contributed by atoms with Gasteiger partial charge in [-0.1, -0.05) is 47.5 Å². The van der Waals surface area contributed by atoms with Crippen LogP contribution >= 0.6 is 34.5 Å². The van der Waals surface area contributed by atoms with Crippen LogP contribution in [0.3, 0.4) is 0 Å². The lowest BCUT2D eigenvalue weighted by atomic mass is 10.2. The van der Waals surface area contributed by atoms with Gasteiger partial charge in [0.05, 0.1) is 5.69 Å². The van der Waals surface area contributed by atoms with E-state index >= 15 is 0 Å². The van der Waals surface area contributed by atoms with Crippen molar-refractivity contribution in [3.63, 3.8) is 0 Å². The summed E-state index contributed by atoms with van der Waals surface area (Å²) in [5.41, 5.74) is 3.11. The molecule has 0 bridgehead atoms. The zero-order valence-corrected chi connectivity index (χ0v) is 12.1. The van der Waals surface area contributed by atoms with E-state index in [1.54, 1.807) is 11.3 Å². The van der Waals surface area contributed by atoms with Crippen LogP contribution in [0.25, 0.3) is 21.8 Å². The van der Waals surface area contributed by atoms with Gasteiger partial charge in [0, 0.05) is 26.6 Å². The van der Waals surface area contributed by atoms with Gasteiger partial charge in [0.2, 0.25) is 0 Å². The highest BCUT2D eigenvalue weighted by Gasteiger charge is 2.06. The van der Waals surface area contributed by atoms with Crippen molar-refractivity contribution in [1.82, 2.24) is 4.98 Å². The average molecular weight is 306 g/mol. The summed E-state index contributed by atoms with van der Waals surface area (Å²) in [6.07, 6.45) is 0. The molecule has 0 aliphatic heterocycles. The summed E-state index contributed by atoms with van der Waals surface area (Å²) in [5, 5.41) is 4.50. The highest BCUT2D eigenvalue weighted by Crippen LogP contribution is 2.29. The van der Waals surface area contributed by atoms with E-state index in [0.717, 1.165) is 31.9 Å². The Labute approximate surface area is 125 Å². The van der Waals surface area contributed by atoms with E-state index in [-0.39, 0.29) is 0 Å². The van der Waals surface area contributed by atoms with Crippen LogP contribution in [0.1, 0.15) is 0 Å². The molecule has 0 amide bonds. The fourth-order valence-electron chi connectivity index (χ4n) is 1.75. The molecule has 0 fully saturated rings. The third kappa shape index (κ3) is 2.81. The van der Waals surface area contributed by atoms with Crippen molar-refractivity contribution in [3.05, 3.63) is 64.0 Å². The molecule has 94 valence electrons. The number of thiazole rings is 1. The van der Waals surface area contributed by atoms with E-state index < -0.39 is 0 Å². The molecule has 1 heterocycles. The van der Waals surface area contributed by atoms with Crippen LogP contribution in [0, 0.1) is 0 Å². The first kappa shape index (κ1) is 12.7. The van der Waals surface area contributed by atoms with Crippen molar-refractivity contribution in [2.75, 3.05) is 0 Å². The number of hydrogen-bond acceptors (Lipinski definition) is 2. The molecule has 3 aromatic rings. The molecule has 4 heteroatoms. The summed E-state index contributed by atoms with van der Waals surface area (Å²) in [6, 6.07) is 15.4. The summed E-state index contributed by atoms with van der Waals surface area (Å²) in [6.45, 7) is 0. The summed E-state index contributed by atoms with van der Waals surface area (Å²) in [4.78, 5) is 4.64. The SMILES string of the molecule is Clc1ccc(-c2csc(-c3ccc(Cl)cc3)n2)cc1. The Morgan fingerprint density at radius 2 is 1.26 bits per heavy atom. The summed E-state index contributed by atoms with van der Waals surface area (Å²) in [7, 11) is 0. The van der Waals surface area contributed by atoms with Crippen LogP contribution in [0.15, 0.2) is 53.9 Å². The summed E-state index contributed by atoms with van der Waals surface area (Å²) >= 11 is 13.4. The number of rotatable bonds is 2. The van der Waals surface area contributed by atoms with Gasteiger partial charge in [-0.25, -0.2) is 4.98 Å². The predicted molar refractivity (Wildman–Crippen MR) is 83.0 cm³/mol. The van der Waals surface area contributed by atoms with Crippen molar-refractivity contribution >= 4 is 34.5 Å². The second-order valence-corrected chi connectivity index (χ2v) is 5.78. The van der Waals surface area contributed by atoms with Gasteiger partial charge >= 0.3 is 0 Å². The van der Waals surface area contributed by atoms with Gasteiger partial charge in [-0.3, -0.25) is 0 Å². The maximum Gasteiger partial charge on any atom is 0.124 e. The van der Waals surface area contributed by atoms with E-state index in [2.05, 4.69) is 4.98 Å². The van der Waals surface area contributed by atoms with Gasteiger partial charge in [-0.2, -0.15) is 0 Å². The van der Waals surface area contributed by atoms with E-state index in [1.807, 2.05) is 53.9 Å². The quantitative estimate of drug-likeness (QED) is 0.584. The molecule has 0 saturated heterocycles. The van der Waals surface area contributed by atoms with Crippen LogP contribution in [0.2, 0.25) is 10.0 Å². The van der Waals surface area contributed by atoms with Gasteiger partial charge in [-0.05, 0) is 24.3 Å². The maximum absolute atomic E-state index is 5.89. The molecule has 0 aliphatic carbocycles. The molecule has 0 N–H and O–H groups in total. The fraction of sp³-hybridized carbons (Fsp3) is 0. The van der Waals surface area contributed by atoms with Crippen molar-refractivity contribution in [3.8, 4) is 21.8 Å². The second kappa shape index (κ2) is 5.33. The van der Waals surface area contributed by atoms with Crippen molar-refractivity contribution in [2.45, 2.75) is 0 Å². The van der Waals surface area contributed by atoms with E-state index in [4.69, 9.17) is 23.2 Å². The second-order valence-electron chi connectivity index (χ2n) is 4.05. The Kier molecular flexibility index (Phi) is 3.56. The third-order valence-corrected chi connectivity index (χ3v) is 4.13. The molecule has 2 aromatic carbocycles. The van der Waals surface area contributed by atoms with E-state index in [1.165, 1.54) is 0 Å². The molecule has 1 nitrogen and oxygen atoms in total. The van der Waals surface area contributed by atoms with Gasteiger partial charge in [0.15, 0.2) is 0 Å². The molecule has 3 rings (SSSR count). The molecule has 0 saturated carbocycles. The van der Waals surface area contributed by atoms with Gasteiger partial charge in [0.25, 0.3) is 0 Å². The Bertz CT molecular complexity index is 627. The molecule has 19 heavy (non-hydrogen) atoms. The first-order valence-electron chi connectivity index (χ1n) is 5.70. The Morgan fingerprint density at radius 3 is 1.84 bits per heavy atom. The lowest BCUT2D eigenvalue weighted by Crippen LogP contribution is -1.79. The Balaban J connectivity index is 1.95. The van der Waals surface area contributed by atoms with Crippen LogP contribution in [0.5, 0.6) is 0 Å². The molecule has 0 unspecified atom stereocenters. The Morgan fingerprint density at radius 1 is 0.737 bits per heavy atom. The normalized spacial score (nSPS) is 10.6. The van der Waals surface area contributed by atoms with Gasteiger partial charge < -0.3 is 0 Å². The molecular weight excluding hydrogens is 297 g/mol. The molecule has 0 atom stereocenters. The van der Waals surface area contributed by atoms with Crippen molar-refractivity contribution in [2.24, 2.45) is 0 Å². The first-order valence-corrected chi connectivity index (χ1v) is 7.33. The maximum atomic E-state index is 5.89. The molecule has 1 aromatic heterocycles. The predicted octanol–water partition coefficient (Wildman–Crippen LogP) is 5.78. The smallest absolute Gasteiger partial charge is 0.124 e. The molecule has 0 aliphatic rings. The molecule has 0 radical (unpaired) electrons. The lowest BCUT2D eigenvalue weighted by Gasteiger charge is -1.97. The number of benzene rings is 2. The monoisotopic (exact) mass is 305 g/mol. The average Bonchev–Trinajstić information content (AvgIpc) is 2.90. The zero-order chi connectivity index (χ0) is 13.2. The topological polar surface area (TPSA) is 12.9 Å². The highest BCUT2D eigenvalue weighted by molar-refractivity contribution is 7.13. The van der Waals surface area contributed by atoms with Crippen LogP contribution in [-0.2, 0) is 0 Å². The zero-order valence-electron chi connectivity index (χ0n) is 9.81. The molecule has 0 spiro atoms. The Hall–Kier alpha value is -1.35. The number of aromatic nitrogens is 1. The number of nitrogens with zero attached hydrogens (tertiary/aromatic N) is 1. The van der Waals surface area contributed by atoms with Crippen LogP contribution in [-0.4, -0.2) is 4.98 Å². The first-order chi connectivity index (χ1) is 9.22. The fourth-order valence-corrected chi connectivity index (χ4v) is 2.84. The summed E-state index contributed by atoms with van der Waals surface area (Å²) in [5.74, 6) is 0. The standard InChI is InChI=1S/C15H9Cl2NS/c16-12-5-1-10(2-6-12)14-9-19-15(18-14)11-3-7-13(17)8-4-11/h1-9H. The largest absolute Gasteiger partial charge is 0.236 e. The van der Waals surface area contributed by atoms with Crippen molar-refractivity contribution < 1.29 is 0 Å². The summed E-state index contributed by atoms with van der Waals surface area (Å²) < 4.78 is 0. The number of hydrogen-bond donors (Lipinski definition) is 0. The number of halogens is 2. The van der Waals surface area contributed by atoms with Gasteiger partial charge in [-0.15, -0.1) is 11.3 Å². The lowest BCUT2D eigenvalue weighted by molar-refractivity contribution is 1.40. The highest BCUT2D eigenvalue weighted by atomic mass is 35.5. The van der Waals surface area contributed by atoms with E-state index in [9.17, 15) is 0 Å². The molecular formula is C15H9Cl2NS. The third-order valence-electron chi connectivity index (χ3n) is 2.74. The van der Waals surface area contributed by atoms with Crippen LogP contribution < -0.4 is 0 Å². The minimum absolute atomic E-state index is 0.733. The van der Waals surface area contributed by atoms with Crippen LogP contribution in [0.4, 0.5) is 0 Å². The van der Waals surface area contributed by atoms with Gasteiger partial charge in [0.1, 0.15) is 5.01 Å². The van der Waals surface area contributed by atoms with E-state index in [0.29, 0.717) is 0 Å². The van der Waals surface area contributed by atoms with Crippen molar-refractivity contribution in [1.29, 1.82) is 0 Å². The minimum atomic E-state index is 0.733. The minimum Gasteiger partial charge on any atom is -0.236 e.